The second kappa shape index (κ2) is 6.34. The van der Waals surface area contributed by atoms with Crippen molar-refractivity contribution in [3.63, 3.8) is 0 Å². The molecule has 2 aliphatic rings. The Morgan fingerprint density at radius 3 is 2.24 bits per heavy atom. The molecule has 8 heteroatoms. The number of nitrogens with one attached hydrogen (secondary N) is 2. The molecule has 2 unspecified atom stereocenters. The number of amides is 4. The van der Waals surface area contributed by atoms with E-state index in [1.807, 2.05) is 25.1 Å². The van der Waals surface area contributed by atoms with E-state index in [-0.39, 0.29) is 36.2 Å². The van der Waals surface area contributed by atoms with Crippen molar-refractivity contribution in [1.29, 1.82) is 0 Å². The van der Waals surface area contributed by atoms with Gasteiger partial charge in [-0.3, -0.25) is 0 Å². The van der Waals surface area contributed by atoms with Gasteiger partial charge in [0.1, 0.15) is 6.17 Å². The predicted octanol–water partition coefficient (Wildman–Crippen LogP) is 1.39. The largest absolute Gasteiger partial charge is 0.493 e. The molecular formula is C17H24N4O4. The van der Waals surface area contributed by atoms with Crippen LogP contribution in [0.5, 0.6) is 11.5 Å². The number of carbonyl (C=O) groups is 2. The van der Waals surface area contributed by atoms with E-state index in [1.54, 1.807) is 38.1 Å². The number of hydrogen-bond acceptors (Lipinski definition) is 4. The number of rotatable bonds is 3. The number of hydrogen-bond donors (Lipinski definition) is 2. The van der Waals surface area contributed by atoms with Gasteiger partial charge in [-0.1, -0.05) is 6.07 Å². The van der Waals surface area contributed by atoms with Crippen LogP contribution < -0.4 is 20.1 Å². The monoisotopic (exact) mass is 348 g/mol. The number of fused-ring (bicyclic) bond motifs is 1. The van der Waals surface area contributed by atoms with Gasteiger partial charge in [0.25, 0.3) is 0 Å². The van der Waals surface area contributed by atoms with Gasteiger partial charge < -0.3 is 29.9 Å². The summed E-state index contributed by atoms with van der Waals surface area (Å²) >= 11 is 0. The quantitative estimate of drug-likeness (QED) is 0.865. The highest BCUT2D eigenvalue weighted by molar-refractivity contribution is 5.80. The van der Waals surface area contributed by atoms with Gasteiger partial charge in [-0.05, 0) is 24.6 Å². The topological polar surface area (TPSA) is 83.1 Å². The Labute approximate surface area is 147 Å². The van der Waals surface area contributed by atoms with Gasteiger partial charge in [-0.15, -0.1) is 0 Å². The molecular weight excluding hydrogens is 324 g/mol. The van der Waals surface area contributed by atoms with Gasteiger partial charge >= 0.3 is 12.1 Å². The van der Waals surface area contributed by atoms with E-state index in [4.69, 9.17) is 9.47 Å². The number of nitrogens with zero attached hydrogens (tertiary/aromatic N) is 2. The molecule has 2 fully saturated rings. The Kier molecular flexibility index (Phi) is 4.36. The fraction of sp³-hybridized carbons (Fsp3) is 0.529. The third kappa shape index (κ3) is 2.71. The van der Waals surface area contributed by atoms with Crippen LogP contribution in [0.3, 0.4) is 0 Å². The van der Waals surface area contributed by atoms with Crippen molar-refractivity contribution in [2.45, 2.75) is 25.2 Å². The molecule has 2 aliphatic heterocycles. The van der Waals surface area contributed by atoms with Crippen molar-refractivity contribution < 1.29 is 19.1 Å². The van der Waals surface area contributed by atoms with Crippen molar-refractivity contribution in [3.05, 3.63) is 23.8 Å². The average Bonchev–Trinajstić information content (AvgIpc) is 2.62. The molecule has 4 atom stereocenters. The molecule has 0 saturated carbocycles. The summed E-state index contributed by atoms with van der Waals surface area (Å²) in [6, 6.07) is 4.89. The van der Waals surface area contributed by atoms with Crippen LogP contribution in [0.1, 0.15) is 18.5 Å². The normalized spacial score (nSPS) is 28.8. The number of ether oxygens (including phenoxy) is 2. The summed E-state index contributed by atoms with van der Waals surface area (Å²) in [5.74, 6) is 1.21. The Morgan fingerprint density at radius 2 is 1.60 bits per heavy atom. The zero-order valence-corrected chi connectivity index (χ0v) is 15.1. The second-order valence-electron chi connectivity index (χ2n) is 6.48. The molecule has 25 heavy (non-hydrogen) atoms. The number of carbonyl (C=O) groups excluding carboxylic acids is 2. The molecule has 3 rings (SSSR count). The molecule has 2 N–H and O–H groups in total. The van der Waals surface area contributed by atoms with Gasteiger partial charge in [-0.25, -0.2) is 9.59 Å². The molecule has 8 nitrogen and oxygen atoms in total. The minimum Gasteiger partial charge on any atom is -0.493 e. The lowest BCUT2D eigenvalue weighted by molar-refractivity contribution is 0.0272. The third-order valence-corrected chi connectivity index (χ3v) is 5.29. The molecule has 0 spiro atoms. The van der Waals surface area contributed by atoms with E-state index >= 15 is 0 Å². The third-order valence-electron chi connectivity index (χ3n) is 5.29. The van der Waals surface area contributed by atoms with Crippen molar-refractivity contribution in [2.24, 2.45) is 5.92 Å². The molecule has 4 amide bonds. The molecule has 136 valence electrons. The van der Waals surface area contributed by atoms with E-state index in [9.17, 15) is 9.59 Å². The molecule has 2 heterocycles. The number of urea groups is 2. The summed E-state index contributed by atoms with van der Waals surface area (Å²) in [7, 11) is 6.61. The second-order valence-corrected chi connectivity index (χ2v) is 6.48. The first-order valence-electron chi connectivity index (χ1n) is 8.17. The molecule has 0 aliphatic carbocycles. The number of methoxy groups -OCH3 is 2. The van der Waals surface area contributed by atoms with Gasteiger partial charge in [0.05, 0.1) is 20.3 Å². The zero-order chi connectivity index (χ0) is 18.3. The van der Waals surface area contributed by atoms with Crippen LogP contribution in [-0.2, 0) is 0 Å². The fourth-order valence-electron chi connectivity index (χ4n) is 3.66. The first kappa shape index (κ1) is 17.2. The van der Waals surface area contributed by atoms with Gasteiger partial charge in [0.2, 0.25) is 0 Å². The first-order valence-corrected chi connectivity index (χ1v) is 8.17. The Hall–Kier alpha value is -2.64. The molecule has 2 saturated heterocycles. The minimum atomic E-state index is -0.370. The van der Waals surface area contributed by atoms with E-state index in [2.05, 4.69) is 10.6 Å². The molecule has 1 aromatic rings. The van der Waals surface area contributed by atoms with Gasteiger partial charge in [0, 0.05) is 26.1 Å². The SMILES string of the molecule is COc1ccc(C2NC(=O)N(C)[C@@H]3NC(=O)N(C)C(C)[C@@H]23)cc1OC. The average molecular weight is 348 g/mol. The summed E-state index contributed by atoms with van der Waals surface area (Å²) in [5.41, 5.74) is 0.908. The molecule has 0 bridgehead atoms. The fourth-order valence-corrected chi connectivity index (χ4v) is 3.66. The highest BCUT2D eigenvalue weighted by Gasteiger charge is 2.49. The zero-order valence-electron chi connectivity index (χ0n) is 15.1. The van der Waals surface area contributed by atoms with Crippen molar-refractivity contribution in [2.75, 3.05) is 28.3 Å². The van der Waals surface area contributed by atoms with Crippen LogP contribution >= 0.6 is 0 Å². The van der Waals surface area contributed by atoms with E-state index < -0.39 is 0 Å². The van der Waals surface area contributed by atoms with Crippen molar-refractivity contribution in [3.8, 4) is 11.5 Å². The first-order chi connectivity index (χ1) is 11.9. The van der Waals surface area contributed by atoms with Crippen LogP contribution in [-0.4, -0.2) is 62.4 Å². The number of benzene rings is 1. The molecule has 0 radical (unpaired) electrons. The maximum Gasteiger partial charge on any atom is 0.319 e. The van der Waals surface area contributed by atoms with Crippen molar-refractivity contribution in [1.82, 2.24) is 20.4 Å². The highest BCUT2D eigenvalue weighted by Crippen LogP contribution is 2.39. The summed E-state index contributed by atoms with van der Waals surface area (Å²) in [6.45, 7) is 2.00. The summed E-state index contributed by atoms with van der Waals surface area (Å²) in [4.78, 5) is 27.8. The lowest BCUT2D eigenvalue weighted by Gasteiger charge is -2.52. The van der Waals surface area contributed by atoms with Crippen LogP contribution in [0.15, 0.2) is 18.2 Å². The standard InChI is InChI=1S/C17H24N4O4/c1-9-13-14(10-6-7-11(24-4)12(8-10)25-5)18-16(22)21(3)15(13)19-17(23)20(9)2/h6-9,13-15H,1-5H3,(H,18,22)(H,19,23)/t9?,13-,14?,15-/m0/s1. The Bertz CT molecular complexity index is 695. The van der Waals surface area contributed by atoms with E-state index in [0.717, 1.165) is 5.56 Å². The van der Waals surface area contributed by atoms with Crippen molar-refractivity contribution >= 4 is 12.1 Å². The molecule has 1 aromatic carbocycles. The Balaban J connectivity index is 2.02. The van der Waals surface area contributed by atoms with Crippen LogP contribution in [0, 0.1) is 5.92 Å². The van der Waals surface area contributed by atoms with Gasteiger partial charge in [-0.2, -0.15) is 0 Å². The van der Waals surface area contributed by atoms with E-state index in [1.165, 1.54) is 0 Å². The minimum absolute atomic E-state index is 0.0245. The highest BCUT2D eigenvalue weighted by atomic mass is 16.5. The summed E-state index contributed by atoms with van der Waals surface area (Å²) < 4.78 is 10.7. The summed E-state index contributed by atoms with van der Waals surface area (Å²) in [6.07, 6.45) is -0.370. The predicted molar refractivity (Wildman–Crippen MR) is 91.6 cm³/mol. The van der Waals surface area contributed by atoms with E-state index in [0.29, 0.717) is 11.5 Å². The lowest BCUT2D eigenvalue weighted by Crippen LogP contribution is -2.71. The smallest absolute Gasteiger partial charge is 0.319 e. The maximum absolute atomic E-state index is 12.4. The van der Waals surface area contributed by atoms with Crippen LogP contribution in [0.2, 0.25) is 0 Å². The van der Waals surface area contributed by atoms with Gasteiger partial charge in [0.15, 0.2) is 11.5 Å². The Morgan fingerprint density at radius 1 is 0.960 bits per heavy atom. The molecule has 0 aromatic heterocycles. The van der Waals surface area contributed by atoms with Crippen LogP contribution in [0.4, 0.5) is 9.59 Å². The van der Waals surface area contributed by atoms with Crippen LogP contribution in [0.25, 0.3) is 0 Å². The lowest BCUT2D eigenvalue weighted by atomic mass is 9.81. The maximum atomic E-state index is 12.4. The summed E-state index contributed by atoms with van der Waals surface area (Å²) in [5, 5.41) is 5.97.